The molecule has 4 saturated heterocycles. The van der Waals surface area contributed by atoms with Crippen molar-refractivity contribution in [3.8, 4) is 40.2 Å². The largest absolute Gasteiger partial charge is 0.418 e. The van der Waals surface area contributed by atoms with Gasteiger partial charge in [-0.15, -0.1) is 0 Å². The summed E-state index contributed by atoms with van der Waals surface area (Å²) in [5, 5.41) is 40.7. The van der Waals surface area contributed by atoms with Crippen molar-refractivity contribution in [1.82, 2.24) is 60.5 Å². The number of hydrogen-bond donors (Lipinski definition) is 6. The maximum atomic E-state index is 13.8. The number of pyridine rings is 6. The second-order valence-corrected chi connectivity index (χ2v) is 24.4. The fraction of sp³-hybridized carbons (Fsp3) is 0.460. The number of alkyl halides is 9. The number of halogens is 9. The van der Waals surface area contributed by atoms with Crippen molar-refractivity contribution in [1.29, 1.82) is 5.26 Å². The van der Waals surface area contributed by atoms with E-state index >= 15 is 0 Å². The van der Waals surface area contributed by atoms with Crippen LogP contribution >= 0.6 is 0 Å². The topological polar surface area (TPSA) is 278 Å². The Morgan fingerprint density at radius 2 is 0.946 bits per heavy atom. The molecule has 0 bridgehead atoms. The highest BCUT2D eigenvalue weighted by molar-refractivity contribution is 5.92. The number of aliphatic hydroxyl groups is 1. The molecule has 0 amide bonds. The molecule has 5 fully saturated rings. The summed E-state index contributed by atoms with van der Waals surface area (Å²) in [4.78, 5) is 31.7. The lowest BCUT2D eigenvalue weighted by Gasteiger charge is -2.49. The molecule has 490 valence electrons. The van der Waals surface area contributed by atoms with Crippen LogP contribution in [0.5, 0.6) is 0 Å². The van der Waals surface area contributed by atoms with E-state index < -0.39 is 41.3 Å². The maximum absolute atomic E-state index is 13.8. The van der Waals surface area contributed by atoms with Crippen molar-refractivity contribution in [3.63, 3.8) is 0 Å². The van der Waals surface area contributed by atoms with Crippen molar-refractivity contribution < 1.29 is 53.6 Å². The minimum absolute atomic E-state index is 0. The summed E-state index contributed by atoms with van der Waals surface area (Å²) in [6.45, 7) is 4.91. The molecule has 29 heteroatoms. The summed E-state index contributed by atoms with van der Waals surface area (Å²) in [6.07, 6.45) is 0.631. The number of aromatic nitrogens is 12. The zero-order chi connectivity index (χ0) is 64.6. The van der Waals surface area contributed by atoms with E-state index in [-0.39, 0.29) is 67.3 Å². The third kappa shape index (κ3) is 13.0. The number of ether oxygens (including phenoxy) is 1. The Morgan fingerprint density at radius 1 is 0.554 bits per heavy atom. The lowest BCUT2D eigenvalue weighted by atomic mass is 9.66. The molecular weight excluding hydrogens is 1210 g/mol. The lowest BCUT2D eigenvalue weighted by molar-refractivity contribution is -0.138. The van der Waals surface area contributed by atoms with Crippen LogP contribution in [0.2, 0.25) is 0 Å². The van der Waals surface area contributed by atoms with E-state index in [1.165, 1.54) is 30.8 Å². The monoisotopic (exact) mass is 1280 g/mol. The standard InChI is InChI=1S/C22H25F3N6.C21H23F3N6O.C20H19F3N6O.3H2/c23-22(24,25)15-6-7-17(28-19(15)18-14-5-4-11-27-20(14)30-29-18)31-12-8-16(26)21(13-31)9-2-1-3-10-21;22-21(23,24)14-3-4-16(27-18(14)17-13-2-1-8-26-19(13)29-28-17)30-9-5-15(25)20(12-30)6-10-31-11-7-20;21-20(22,23)14-5-6-16(29-10-7-15(30)12(11-29)3-1-8-24)26-18(14)17-13-4-2-9-25-19(13)28-27-17;;;/h4-7,11,16H,1-3,8-10,12-13,26H2,(H,27,29,30);1-4,8,15H,5-7,9-12,25H2,(H,26,28,29);2,4-6,9,12,15,30H,1,3,7,10-11H2,(H,25,27,28);3*1H. The highest BCUT2D eigenvalue weighted by atomic mass is 19.4. The third-order valence-corrected chi connectivity index (χ3v) is 18.9. The van der Waals surface area contributed by atoms with Crippen LogP contribution in [0.3, 0.4) is 0 Å². The molecular formula is C63H73F9N18O2. The number of aliphatic hydroxyl groups excluding tert-OH is 1. The Bertz CT molecular complexity index is 3940. The van der Waals surface area contributed by atoms with Gasteiger partial charge in [-0.3, -0.25) is 15.3 Å². The summed E-state index contributed by atoms with van der Waals surface area (Å²) < 4.78 is 130. The maximum Gasteiger partial charge on any atom is 0.418 e. The normalized spacial score (nSPS) is 21.1. The Hall–Kier alpha value is -8.59. The highest BCUT2D eigenvalue weighted by Crippen LogP contribution is 2.47. The van der Waals surface area contributed by atoms with E-state index in [2.05, 4.69) is 76.4 Å². The van der Waals surface area contributed by atoms with Crippen LogP contribution in [0.25, 0.3) is 67.3 Å². The zero-order valence-electron chi connectivity index (χ0n) is 49.8. The van der Waals surface area contributed by atoms with Crippen molar-refractivity contribution in [2.75, 3.05) is 67.2 Å². The van der Waals surface area contributed by atoms with Gasteiger partial charge in [0.05, 0.1) is 45.9 Å². The minimum atomic E-state index is -4.59. The van der Waals surface area contributed by atoms with Gasteiger partial charge in [0.2, 0.25) is 0 Å². The van der Waals surface area contributed by atoms with Gasteiger partial charge >= 0.3 is 18.5 Å². The Kier molecular flexibility index (Phi) is 17.8. The molecule has 5 aliphatic rings. The van der Waals surface area contributed by atoms with Gasteiger partial charge in [-0.05, 0) is 124 Å². The molecule has 4 unspecified atom stereocenters. The molecule has 92 heavy (non-hydrogen) atoms. The van der Waals surface area contributed by atoms with Crippen molar-refractivity contribution in [2.45, 2.75) is 114 Å². The van der Waals surface area contributed by atoms with E-state index in [4.69, 9.17) is 21.5 Å². The van der Waals surface area contributed by atoms with Crippen LogP contribution in [0.4, 0.5) is 57.0 Å². The second kappa shape index (κ2) is 25.8. The molecule has 2 spiro atoms. The molecule has 1 aliphatic carbocycles. The summed E-state index contributed by atoms with van der Waals surface area (Å²) in [7, 11) is 0. The van der Waals surface area contributed by atoms with Gasteiger partial charge in [-0.25, -0.2) is 29.9 Å². The minimum Gasteiger partial charge on any atom is -0.393 e. The first-order valence-electron chi connectivity index (χ1n) is 30.6. The van der Waals surface area contributed by atoms with Crippen molar-refractivity contribution in [2.24, 2.45) is 28.2 Å². The average molecular weight is 1290 g/mol. The molecule has 14 rings (SSSR count). The van der Waals surface area contributed by atoms with Gasteiger partial charge in [0.1, 0.15) is 34.5 Å². The van der Waals surface area contributed by atoms with Gasteiger partial charge in [0, 0.05) is 127 Å². The number of nitrogens with one attached hydrogen (secondary N) is 3. The molecule has 9 aromatic rings. The van der Waals surface area contributed by atoms with Crippen LogP contribution in [0.15, 0.2) is 91.4 Å². The molecule has 1 saturated carbocycles. The molecule has 13 heterocycles. The molecule has 0 aromatic carbocycles. The molecule has 4 atom stereocenters. The number of piperidine rings is 3. The first-order chi connectivity index (χ1) is 44.1. The fourth-order valence-electron chi connectivity index (χ4n) is 13.8. The predicted octanol–water partition coefficient (Wildman–Crippen LogP) is 12.2. The molecule has 9 aromatic heterocycles. The van der Waals surface area contributed by atoms with Crippen molar-refractivity contribution >= 4 is 50.6 Å². The van der Waals surface area contributed by atoms with Crippen LogP contribution in [-0.4, -0.2) is 136 Å². The summed E-state index contributed by atoms with van der Waals surface area (Å²) in [5.41, 5.74) is 11.5. The SMILES string of the molecule is N#CCCC1CN(c2ccc(C(F)(F)F)c(-c3[nH]nc4ncccc34)n2)CCC1O.NC1CCN(c2ccc(C(F)(F)F)c(-c3[nH]nc4ncccc34)n2)CC12CCCCC2.NC1CCN(c2ccc(C(F)(F)F)c(-c3[nH]nc4ncccc34)n2)CC12CCOCC2.[HH].[HH].[HH]. The van der Waals surface area contributed by atoms with Crippen molar-refractivity contribution in [3.05, 3.63) is 108 Å². The quantitative estimate of drug-likeness (QED) is 0.0771. The number of anilines is 3. The lowest BCUT2D eigenvalue weighted by Crippen LogP contribution is -2.57. The second-order valence-electron chi connectivity index (χ2n) is 24.4. The fourth-order valence-corrected chi connectivity index (χ4v) is 13.8. The van der Waals surface area contributed by atoms with Crippen LogP contribution < -0.4 is 26.2 Å². The Morgan fingerprint density at radius 3 is 1.35 bits per heavy atom. The molecule has 8 N–H and O–H groups in total. The average Bonchev–Trinajstić information content (AvgIpc) is 1.77. The number of aromatic amines is 3. The number of rotatable bonds is 8. The molecule has 20 nitrogen and oxygen atoms in total. The van der Waals surface area contributed by atoms with Gasteiger partial charge in [-0.2, -0.15) is 60.1 Å². The highest BCUT2D eigenvalue weighted by Gasteiger charge is 2.46. The number of hydrogen-bond acceptors (Lipinski definition) is 17. The number of nitriles is 1. The third-order valence-electron chi connectivity index (χ3n) is 18.9. The van der Waals surface area contributed by atoms with E-state index in [9.17, 15) is 44.6 Å². The number of nitrogens with zero attached hydrogens (tertiary/aromatic N) is 13. The van der Waals surface area contributed by atoms with Gasteiger partial charge in [0.25, 0.3) is 0 Å². The van der Waals surface area contributed by atoms with E-state index in [0.29, 0.717) is 116 Å². The van der Waals surface area contributed by atoms with Crippen LogP contribution in [0.1, 0.15) is 98.0 Å². The smallest absolute Gasteiger partial charge is 0.393 e. The van der Waals surface area contributed by atoms with E-state index in [1.807, 2.05) is 4.90 Å². The summed E-state index contributed by atoms with van der Waals surface area (Å²) >= 11 is 0. The Labute approximate surface area is 525 Å². The molecule has 0 radical (unpaired) electrons. The van der Waals surface area contributed by atoms with Crippen LogP contribution in [-0.2, 0) is 23.3 Å². The number of nitrogens with two attached hydrogens (primary N) is 2. The summed E-state index contributed by atoms with van der Waals surface area (Å²) in [6, 6.07) is 19.8. The summed E-state index contributed by atoms with van der Waals surface area (Å²) in [5.74, 6) is 1.31. The zero-order valence-corrected chi connectivity index (χ0v) is 49.8. The van der Waals surface area contributed by atoms with E-state index in [1.54, 1.807) is 48.8 Å². The predicted molar refractivity (Wildman–Crippen MR) is 331 cm³/mol. The van der Waals surface area contributed by atoms with Gasteiger partial charge in [-0.1, -0.05) is 19.3 Å². The molecule has 4 aliphatic heterocycles. The van der Waals surface area contributed by atoms with Gasteiger partial charge in [0.15, 0.2) is 16.9 Å². The first-order valence-corrected chi connectivity index (χ1v) is 30.6. The van der Waals surface area contributed by atoms with E-state index in [0.717, 1.165) is 76.1 Å². The van der Waals surface area contributed by atoms with Crippen LogP contribution in [0, 0.1) is 28.1 Å². The Balaban J connectivity index is 0.000000165. The first kappa shape index (κ1) is 63.6. The number of fused-ring (bicyclic) bond motifs is 3. The number of H-pyrrole nitrogens is 3. The van der Waals surface area contributed by atoms with Gasteiger partial charge < -0.3 is 36.0 Å².